The Labute approximate surface area is 69.9 Å². The Balaban J connectivity index is 1.95. The standard InChI is InChI=1S/C10H19N/c1-3-4-7-11-9(2)8-10-5-6-10/h3-4,9-11H,5-8H2,1-2H3/b4-3+. The molecule has 1 atom stereocenters. The Morgan fingerprint density at radius 1 is 1.55 bits per heavy atom. The van der Waals surface area contributed by atoms with Crippen LogP contribution in [0.15, 0.2) is 12.2 Å². The number of allylic oxidation sites excluding steroid dienone is 1. The van der Waals surface area contributed by atoms with Gasteiger partial charge in [0.25, 0.3) is 0 Å². The molecule has 1 aliphatic rings. The lowest BCUT2D eigenvalue weighted by atomic mass is 10.1. The van der Waals surface area contributed by atoms with E-state index in [-0.39, 0.29) is 0 Å². The normalized spacial score (nSPS) is 20.9. The Morgan fingerprint density at radius 3 is 2.82 bits per heavy atom. The van der Waals surface area contributed by atoms with Gasteiger partial charge in [-0.1, -0.05) is 25.0 Å². The topological polar surface area (TPSA) is 12.0 Å². The lowest BCUT2D eigenvalue weighted by Gasteiger charge is -2.10. The largest absolute Gasteiger partial charge is 0.311 e. The number of rotatable bonds is 5. The highest BCUT2D eigenvalue weighted by atomic mass is 14.9. The first-order valence-electron chi connectivity index (χ1n) is 4.67. The Hall–Kier alpha value is -0.300. The van der Waals surface area contributed by atoms with E-state index in [4.69, 9.17) is 0 Å². The second kappa shape index (κ2) is 4.55. The molecule has 0 amide bonds. The summed E-state index contributed by atoms with van der Waals surface area (Å²) in [6.45, 7) is 5.37. The van der Waals surface area contributed by atoms with Gasteiger partial charge >= 0.3 is 0 Å². The van der Waals surface area contributed by atoms with Crippen molar-refractivity contribution in [3.05, 3.63) is 12.2 Å². The van der Waals surface area contributed by atoms with E-state index in [2.05, 4.69) is 31.3 Å². The fourth-order valence-corrected chi connectivity index (χ4v) is 1.32. The molecule has 11 heavy (non-hydrogen) atoms. The van der Waals surface area contributed by atoms with E-state index < -0.39 is 0 Å². The molecule has 1 aliphatic carbocycles. The summed E-state index contributed by atoms with van der Waals surface area (Å²) in [5.74, 6) is 1.04. The SMILES string of the molecule is C/C=C/CNC(C)CC1CC1. The molecule has 0 aliphatic heterocycles. The summed E-state index contributed by atoms with van der Waals surface area (Å²) in [6.07, 6.45) is 8.57. The van der Waals surface area contributed by atoms with Crippen LogP contribution in [0.25, 0.3) is 0 Å². The van der Waals surface area contributed by atoms with Crippen molar-refractivity contribution in [1.29, 1.82) is 0 Å². The highest BCUT2D eigenvalue weighted by Crippen LogP contribution is 2.33. The van der Waals surface area contributed by atoms with Gasteiger partial charge in [0.05, 0.1) is 0 Å². The molecule has 1 unspecified atom stereocenters. The Morgan fingerprint density at radius 2 is 2.27 bits per heavy atom. The van der Waals surface area contributed by atoms with Crippen LogP contribution in [0.5, 0.6) is 0 Å². The van der Waals surface area contributed by atoms with Crippen LogP contribution in [0.3, 0.4) is 0 Å². The molecule has 0 aromatic rings. The first-order chi connectivity index (χ1) is 5.33. The monoisotopic (exact) mass is 153 g/mol. The quantitative estimate of drug-likeness (QED) is 0.598. The Kier molecular flexibility index (Phi) is 3.64. The predicted molar refractivity (Wildman–Crippen MR) is 49.6 cm³/mol. The van der Waals surface area contributed by atoms with Gasteiger partial charge in [-0.3, -0.25) is 0 Å². The zero-order chi connectivity index (χ0) is 8.10. The maximum absolute atomic E-state index is 3.47. The highest BCUT2D eigenvalue weighted by Gasteiger charge is 2.22. The predicted octanol–water partition coefficient (Wildman–Crippen LogP) is 2.34. The number of hydrogen-bond acceptors (Lipinski definition) is 1. The minimum atomic E-state index is 0.707. The van der Waals surface area contributed by atoms with Gasteiger partial charge in [0.15, 0.2) is 0 Å². The summed E-state index contributed by atoms with van der Waals surface area (Å²) in [6, 6.07) is 0.707. The summed E-state index contributed by atoms with van der Waals surface area (Å²) < 4.78 is 0. The average Bonchev–Trinajstić information content (AvgIpc) is 2.72. The second-order valence-corrected chi connectivity index (χ2v) is 3.56. The number of nitrogens with one attached hydrogen (secondary N) is 1. The lowest BCUT2D eigenvalue weighted by molar-refractivity contribution is 0.511. The molecule has 0 saturated heterocycles. The fraction of sp³-hybridized carbons (Fsp3) is 0.800. The third-order valence-electron chi connectivity index (χ3n) is 2.20. The summed E-state index contributed by atoms with van der Waals surface area (Å²) >= 11 is 0. The van der Waals surface area contributed by atoms with E-state index in [1.54, 1.807) is 0 Å². The summed E-state index contributed by atoms with van der Waals surface area (Å²) in [4.78, 5) is 0. The van der Waals surface area contributed by atoms with E-state index in [0.717, 1.165) is 12.5 Å². The van der Waals surface area contributed by atoms with Gasteiger partial charge in [-0.25, -0.2) is 0 Å². The third-order valence-corrected chi connectivity index (χ3v) is 2.20. The summed E-state index contributed by atoms with van der Waals surface area (Å²) in [7, 11) is 0. The molecular weight excluding hydrogens is 134 g/mol. The van der Waals surface area contributed by atoms with E-state index in [1.165, 1.54) is 19.3 Å². The van der Waals surface area contributed by atoms with Crippen molar-refractivity contribution in [2.24, 2.45) is 5.92 Å². The highest BCUT2D eigenvalue weighted by molar-refractivity contribution is 4.83. The molecule has 0 bridgehead atoms. The molecule has 1 N–H and O–H groups in total. The fourth-order valence-electron chi connectivity index (χ4n) is 1.32. The second-order valence-electron chi connectivity index (χ2n) is 3.56. The van der Waals surface area contributed by atoms with Crippen LogP contribution in [-0.2, 0) is 0 Å². The average molecular weight is 153 g/mol. The van der Waals surface area contributed by atoms with Crippen LogP contribution >= 0.6 is 0 Å². The molecule has 1 fully saturated rings. The van der Waals surface area contributed by atoms with Crippen molar-refractivity contribution < 1.29 is 0 Å². The first-order valence-corrected chi connectivity index (χ1v) is 4.67. The van der Waals surface area contributed by atoms with E-state index in [1.807, 2.05) is 0 Å². The Bertz CT molecular complexity index is 125. The van der Waals surface area contributed by atoms with Crippen LogP contribution in [0, 0.1) is 5.92 Å². The van der Waals surface area contributed by atoms with Crippen LogP contribution in [0.2, 0.25) is 0 Å². The van der Waals surface area contributed by atoms with Crippen LogP contribution in [0.4, 0.5) is 0 Å². The zero-order valence-electron chi connectivity index (χ0n) is 7.64. The van der Waals surface area contributed by atoms with Crippen LogP contribution in [-0.4, -0.2) is 12.6 Å². The first kappa shape index (κ1) is 8.79. The summed E-state index contributed by atoms with van der Waals surface area (Å²) in [5.41, 5.74) is 0. The molecule has 0 spiro atoms. The van der Waals surface area contributed by atoms with Gasteiger partial charge < -0.3 is 5.32 Å². The van der Waals surface area contributed by atoms with Crippen LogP contribution < -0.4 is 5.32 Å². The van der Waals surface area contributed by atoms with Crippen molar-refractivity contribution in [2.45, 2.75) is 39.2 Å². The van der Waals surface area contributed by atoms with Crippen molar-refractivity contribution in [2.75, 3.05) is 6.54 Å². The molecule has 0 heterocycles. The van der Waals surface area contributed by atoms with E-state index in [0.29, 0.717) is 6.04 Å². The van der Waals surface area contributed by atoms with Crippen LogP contribution in [0.1, 0.15) is 33.1 Å². The van der Waals surface area contributed by atoms with Gasteiger partial charge in [-0.15, -0.1) is 0 Å². The lowest BCUT2D eigenvalue weighted by Crippen LogP contribution is -2.26. The maximum atomic E-state index is 3.47. The minimum absolute atomic E-state index is 0.707. The van der Waals surface area contributed by atoms with Gasteiger partial charge in [0.2, 0.25) is 0 Å². The van der Waals surface area contributed by atoms with Crippen molar-refractivity contribution >= 4 is 0 Å². The zero-order valence-corrected chi connectivity index (χ0v) is 7.64. The van der Waals surface area contributed by atoms with Crippen molar-refractivity contribution in [3.8, 4) is 0 Å². The molecule has 1 nitrogen and oxygen atoms in total. The van der Waals surface area contributed by atoms with Gasteiger partial charge in [-0.05, 0) is 26.2 Å². The number of hydrogen-bond donors (Lipinski definition) is 1. The van der Waals surface area contributed by atoms with Gasteiger partial charge in [0.1, 0.15) is 0 Å². The molecule has 0 aromatic carbocycles. The molecule has 64 valence electrons. The molecule has 0 radical (unpaired) electrons. The van der Waals surface area contributed by atoms with Gasteiger partial charge in [-0.2, -0.15) is 0 Å². The van der Waals surface area contributed by atoms with Crippen molar-refractivity contribution in [3.63, 3.8) is 0 Å². The summed E-state index contributed by atoms with van der Waals surface area (Å²) in [5, 5.41) is 3.47. The third kappa shape index (κ3) is 4.20. The molecular formula is C10H19N. The van der Waals surface area contributed by atoms with E-state index in [9.17, 15) is 0 Å². The smallest absolute Gasteiger partial charge is 0.0137 e. The van der Waals surface area contributed by atoms with Gasteiger partial charge in [0, 0.05) is 12.6 Å². The maximum Gasteiger partial charge on any atom is 0.0137 e. The van der Waals surface area contributed by atoms with E-state index >= 15 is 0 Å². The molecule has 1 heteroatoms. The molecule has 1 rings (SSSR count). The molecule has 0 aromatic heterocycles. The van der Waals surface area contributed by atoms with Crippen molar-refractivity contribution in [1.82, 2.24) is 5.32 Å². The molecule has 1 saturated carbocycles. The minimum Gasteiger partial charge on any atom is -0.311 e.